The zero-order chi connectivity index (χ0) is 10.6. The second-order valence-electron chi connectivity index (χ2n) is 3.49. The molecule has 0 heterocycles. The van der Waals surface area contributed by atoms with Gasteiger partial charge in [-0.05, 0) is 12.0 Å². The Morgan fingerprint density at radius 3 is 2.36 bits per heavy atom. The molecule has 0 saturated carbocycles. The van der Waals surface area contributed by atoms with E-state index in [1.165, 1.54) is 0 Å². The van der Waals surface area contributed by atoms with Gasteiger partial charge in [0, 0.05) is 5.56 Å². The lowest BCUT2D eigenvalue weighted by Gasteiger charge is -2.01. The lowest BCUT2D eigenvalue weighted by molar-refractivity contribution is 0.0976. The molecule has 1 aromatic rings. The maximum Gasteiger partial charge on any atom is 0.226 e. The molecule has 0 aliphatic heterocycles. The number of aliphatic hydroxyl groups excluding tert-OH is 1. The number of allylic oxidation sites excluding steroid dienone is 2. The number of ketones is 1. The molecule has 0 unspecified atom stereocenters. The minimum atomic E-state index is -0.320. The van der Waals surface area contributed by atoms with Gasteiger partial charge in [0.2, 0.25) is 5.78 Å². The zero-order valence-corrected chi connectivity index (χ0v) is 8.40. The summed E-state index contributed by atoms with van der Waals surface area (Å²) in [6, 6.07) is 8.76. The number of aliphatic hydroxyl groups is 1. The Kier molecular flexibility index (Phi) is 3.46. The SMILES string of the molecule is CC(C)C=C(O)C(=O)c1ccccc1. The Morgan fingerprint density at radius 2 is 1.86 bits per heavy atom. The van der Waals surface area contributed by atoms with Gasteiger partial charge in [-0.2, -0.15) is 0 Å². The fourth-order valence-corrected chi connectivity index (χ4v) is 1.13. The third kappa shape index (κ3) is 2.73. The molecule has 2 heteroatoms. The Hall–Kier alpha value is -1.57. The van der Waals surface area contributed by atoms with Crippen LogP contribution in [0.3, 0.4) is 0 Å². The molecule has 14 heavy (non-hydrogen) atoms. The molecule has 0 fully saturated rings. The summed E-state index contributed by atoms with van der Waals surface area (Å²) in [6.45, 7) is 3.82. The summed E-state index contributed by atoms with van der Waals surface area (Å²) in [5.41, 5.74) is 0.516. The average Bonchev–Trinajstić information content (AvgIpc) is 2.17. The van der Waals surface area contributed by atoms with E-state index in [1.807, 2.05) is 19.9 Å². The van der Waals surface area contributed by atoms with E-state index in [0.29, 0.717) is 5.56 Å². The van der Waals surface area contributed by atoms with Gasteiger partial charge in [-0.25, -0.2) is 0 Å². The molecule has 0 amide bonds. The molecule has 0 radical (unpaired) electrons. The molecule has 74 valence electrons. The molecular weight excluding hydrogens is 176 g/mol. The Balaban J connectivity index is 2.87. The van der Waals surface area contributed by atoms with Crippen molar-refractivity contribution in [1.82, 2.24) is 0 Å². The standard InChI is InChI=1S/C12H14O2/c1-9(2)8-11(13)12(14)10-6-4-3-5-7-10/h3-9,13H,1-2H3. The average molecular weight is 190 g/mol. The number of carbonyl (C=O) groups excluding carboxylic acids is 1. The summed E-state index contributed by atoms with van der Waals surface area (Å²) < 4.78 is 0. The minimum absolute atomic E-state index is 0.169. The second kappa shape index (κ2) is 4.61. The smallest absolute Gasteiger partial charge is 0.226 e. The van der Waals surface area contributed by atoms with Crippen molar-refractivity contribution in [2.24, 2.45) is 5.92 Å². The number of carbonyl (C=O) groups is 1. The topological polar surface area (TPSA) is 37.3 Å². The highest BCUT2D eigenvalue weighted by molar-refractivity contribution is 6.06. The molecule has 2 nitrogen and oxygen atoms in total. The molecule has 1 N–H and O–H groups in total. The third-order valence-electron chi connectivity index (χ3n) is 1.76. The van der Waals surface area contributed by atoms with Gasteiger partial charge in [0.15, 0.2) is 5.76 Å². The van der Waals surface area contributed by atoms with Crippen LogP contribution in [0.1, 0.15) is 24.2 Å². The van der Waals surface area contributed by atoms with Gasteiger partial charge in [0.05, 0.1) is 0 Å². The predicted octanol–water partition coefficient (Wildman–Crippen LogP) is 2.97. The van der Waals surface area contributed by atoms with Crippen molar-refractivity contribution in [2.75, 3.05) is 0 Å². The van der Waals surface area contributed by atoms with Gasteiger partial charge < -0.3 is 5.11 Å². The van der Waals surface area contributed by atoms with E-state index in [-0.39, 0.29) is 17.5 Å². The van der Waals surface area contributed by atoms with Crippen molar-refractivity contribution in [2.45, 2.75) is 13.8 Å². The highest BCUT2D eigenvalue weighted by Gasteiger charge is 2.09. The van der Waals surface area contributed by atoms with E-state index in [4.69, 9.17) is 0 Å². The van der Waals surface area contributed by atoms with Crippen molar-refractivity contribution >= 4 is 5.78 Å². The molecule has 0 aliphatic rings. The van der Waals surface area contributed by atoms with Gasteiger partial charge in [0.1, 0.15) is 0 Å². The van der Waals surface area contributed by atoms with Crippen LogP contribution in [0, 0.1) is 5.92 Å². The van der Waals surface area contributed by atoms with E-state index >= 15 is 0 Å². The highest BCUT2D eigenvalue weighted by Crippen LogP contribution is 2.08. The number of hydrogen-bond acceptors (Lipinski definition) is 2. The Labute approximate surface area is 83.9 Å². The normalized spacial score (nSPS) is 11.8. The summed E-state index contributed by atoms with van der Waals surface area (Å²) in [4.78, 5) is 11.6. The van der Waals surface area contributed by atoms with E-state index in [1.54, 1.807) is 30.3 Å². The lowest BCUT2D eigenvalue weighted by Crippen LogP contribution is -2.03. The number of hydrogen-bond donors (Lipinski definition) is 1. The summed E-state index contributed by atoms with van der Waals surface area (Å²) in [7, 11) is 0. The van der Waals surface area contributed by atoms with Gasteiger partial charge in [-0.15, -0.1) is 0 Å². The molecule has 0 atom stereocenters. The summed E-state index contributed by atoms with van der Waals surface area (Å²) in [6.07, 6.45) is 1.55. The van der Waals surface area contributed by atoms with E-state index in [0.717, 1.165) is 0 Å². The lowest BCUT2D eigenvalue weighted by atomic mass is 10.1. The van der Waals surface area contributed by atoms with Gasteiger partial charge in [-0.3, -0.25) is 4.79 Å². The van der Waals surface area contributed by atoms with E-state index in [9.17, 15) is 9.90 Å². The first-order valence-corrected chi connectivity index (χ1v) is 4.62. The van der Waals surface area contributed by atoms with Crippen molar-refractivity contribution < 1.29 is 9.90 Å². The van der Waals surface area contributed by atoms with Crippen molar-refractivity contribution in [3.63, 3.8) is 0 Å². The second-order valence-corrected chi connectivity index (χ2v) is 3.49. The van der Waals surface area contributed by atoms with Crippen LogP contribution in [0.4, 0.5) is 0 Å². The van der Waals surface area contributed by atoms with Crippen molar-refractivity contribution in [3.8, 4) is 0 Å². The predicted molar refractivity (Wildman–Crippen MR) is 56.3 cm³/mol. The third-order valence-corrected chi connectivity index (χ3v) is 1.76. The van der Waals surface area contributed by atoms with Crippen LogP contribution in [0.15, 0.2) is 42.2 Å². The molecule has 0 saturated heterocycles. The molecule has 1 rings (SSSR count). The maximum atomic E-state index is 11.6. The quantitative estimate of drug-likeness (QED) is 0.452. The van der Waals surface area contributed by atoms with Crippen LogP contribution in [0.2, 0.25) is 0 Å². The summed E-state index contributed by atoms with van der Waals surface area (Å²) >= 11 is 0. The molecule has 0 aromatic heterocycles. The first kappa shape index (κ1) is 10.5. The number of Topliss-reactive ketones (excluding diaryl/α,β-unsaturated/α-hetero) is 1. The minimum Gasteiger partial charge on any atom is -0.504 e. The monoisotopic (exact) mass is 190 g/mol. The molecule has 0 aliphatic carbocycles. The van der Waals surface area contributed by atoms with Crippen molar-refractivity contribution in [3.05, 3.63) is 47.7 Å². The number of benzene rings is 1. The molecule has 0 bridgehead atoms. The highest BCUT2D eigenvalue weighted by atomic mass is 16.3. The van der Waals surface area contributed by atoms with Crippen LogP contribution >= 0.6 is 0 Å². The fourth-order valence-electron chi connectivity index (χ4n) is 1.13. The van der Waals surface area contributed by atoms with Crippen molar-refractivity contribution in [1.29, 1.82) is 0 Å². The van der Waals surface area contributed by atoms with Crippen LogP contribution in [-0.2, 0) is 0 Å². The Bertz CT molecular complexity index is 337. The van der Waals surface area contributed by atoms with Crippen LogP contribution < -0.4 is 0 Å². The van der Waals surface area contributed by atoms with Gasteiger partial charge in [0.25, 0.3) is 0 Å². The Morgan fingerprint density at radius 1 is 1.29 bits per heavy atom. The molecule has 1 aromatic carbocycles. The van der Waals surface area contributed by atoms with Gasteiger partial charge in [-0.1, -0.05) is 44.2 Å². The first-order chi connectivity index (χ1) is 6.61. The van der Waals surface area contributed by atoms with Crippen LogP contribution in [0.5, 0.6) is 0 Å². The summed E-state index contributed by atoms with van der Waals surface area (Å²) in [5.74, 6) is -0.326. The number of rotatable bonds is 3. The molecular formula is C12H14O2. The van der Waals surface area contributed by atoms with E-state index in [2.05, 4.69) is 0 Å². The largest absolute Gasteiger partial charge is 0.504 e. The zero-order valence-electron chi connectivity index (χ0n) is 8.40. The molecule has 0 spiro atoms. The van der Waals surface area contributed by atoms with Gasteiger partial charge >= 0.3 is 0 Å². The summed E-state index contributed by atoms with van der Waals surface area (Å²) in [5, 5.41) is 9.45. The maximum absolute atomic E-state index is 11.6. The van der Waals surface area contributed by atoms with Crippen LogP contribution in [0.25, 0.3) is 0 Å². The van der Waals surface area contributed by atoms with E-state index < -0.39 is 0 Å². The van der Waals surface area contributed by atoms with Crippen LogP contribution in [-0.4, -0.2) is 10.9 Å². The first-order valence-electron chi connectivity index (χ1n) is 4.62. The fraction of sp³-hybridized carbons (Fsp3) is 0.250.